The molecule has 0 fully saturated rings. The third-order valence-corrected chi connectivity index (χ3v) is 4.61. The van der Waals surface area contributed by atoms with Crippen molar-refractivity contribution in [3.63, 3.8) is 0 Å². The van der Waals surface area contributed by atoms with Crippen molar-refractivity contribution in [1.82, 2.24) is 49.9 Å². The van der Waals surface area contributed by atoms with Gasteiger partial charge in [-0.25, -0.2) is 19.3 Å². The van der Waals surface area contributed by atoms with Crippen LogP contribution in [0.2, 0.25) is 0 Å². The summed E-state index contributed by atoms with van der Waals surface area (Å²) < 4.78 is 62.5. The molecule has 11 nitrogen and oxygen atoms in total. The van der Waals surface area contributed by atoms with Crippen molar-refractivity contribution >= 4 is 7.81 Å². The summed E-state index contributed by atoms with van der Waals surface area (Å²) in [4.78, 5) is 16.8. The molecule has 0 unspecified atom stereocenters. The molecule has 0 saturated carbocycles. The van der Waals surface area contributed by atoms with Crippen molar-refractivity contribution in [2.75, 3.05) is 0 Å². The van der Waals surface area contributed by atoms with Crippen molar-refractivity contribution in [3.05, 3.63) is 110 Å². The molecule has 0 radical (unpaired) electrons. The first-order valence-electron chi connectivity index (χ1n) is 12.1. The number of hydrogen-bond donors (Lipinski definition) is 0. The number of nitrogens with zero attached hydrogens (tertiary/aromatic N) is 11. The molecule has 0 aromatic carbocycles. The predicted molar refractivity (Wildman–Crippen MR) is 150 cm³/mol. The van der Waals surface area contributed by atoms with E-state index in [0.29, 0.717) is 0 Å². The van der Waals surface area contributed by atoms with Crippen LogP contribution in [0.5, 0.6) is 0 Å². The summed E-state index contributed by atoms with van der Waals surface area (Å²) in [5.74, 6) is 1.48. The molecule has 0 saturated heterocycles. The van der Waals surface area contributed by atoms with E-state index in [1.807, 2.05) is 85.2 Å². The summed E-state index contributed by atoms with van der Waals surface area (Å²) in [7, 11) is -10.7. The number of rotatable bonds is 4. The molecule has 6 aromatic rings. The van der Waals surface area contributed by atoms with Crippen LogP contribution in [-0.4, -0.2) is 49.9 Å². The fraction of sp³-hybridized carbons (Fsp3) is 0.0385. The van der Waals surface area contributed by atoms with Crippen molar-refractivity contribution in [1.29, 1.82) is 5.26 Å². The minimum Gasteiger partial charge on any atom is -0.254 e. The number of halogens is 6. The third-order valence-electron chi connectivity index (χ3n) is 4.61. The summed E-state index contributed by atoms with van der Waals surface area (Å²) in [6.07, 6.45) is 10.5. The number of nitriles is 1. The smallest absolute Gasteiger partial charge is 0.254 e. The minimum absolute atomic E-state index is 0. The van der Waals surface area contributed by atoms with E-state index in [2.05, 4.69) is 40.6 Å². The largest absolute Gasteiger partial charge is 1.00 e. The quantitative estimate of drug-likeness (QED) is 0.105. The van der Waals surface area contributed by atoms with Crippen molar-refractivity contribution in [2.24, 2.45) is 0 Å². The second-order valence-corrected chi connectivity index (χ2v) is 10.0. The van der Waals surface area contributed by atoms with Gasteiger partial charge in [0.25, 0.3) is 0 Å². The van der Waals surface area contributed by atoms with E-state index in [-0.39, 0.29) is 17.1 Å². The second kappa shape index (κ2) is 15.1. The average molecular weight is 696 g/mol. The number of aromatic nitrogens is 10. The molecule has 6 aromatic heterocycles. The van der Waals surface area contributed by atoms with E-state index < -0.39 is 7.81 Å². The van der Waals surface area contributed by atoms with E-state index >= 15 is 0 Å². The van der Waals surface area contributed by atoms with Gasteiger partial charge in [0.1, 0.15) is 11.4 Å². The summed E-state index contributed by atoms with van der Waals surface area (Å²) in [6, 6.07) is 24.4. The zero-order valence-corrected chi connectivity index (χ0v) is 24.7. The van der Waals surface area contributed by atoms with E-state index in [9.17, 15) is 25.2 Å². The molecule has 0 N–H and O–H groups in total. The minimum atomic E-state index is -10.7. The van der Waals surface area contributed by atoms with Crippen LogP contribution in [0.4, 0.5) is 25.2 Å². The molecule has 0 bridgehead atoms. The van der Waals surface area contributed by atoms with Gasteiger partial charge in [-0.2, -0.15) is 5.26 Å². The molecular formula is C26H21CuF6N11P. The van der Waals surface area contributed by atoms with Crippen molar-refractivity contribution < 1.29 is 42.3 Å². The van der Waals surface area contributed by atoms with Crippen molar-refractivity contribution in [3.8, 4) is 40.5 Å². The maximum absolute atomic E-state index is 10.7. The maximum Gasteiger partial charge on any atom is 1.00 e. The summed E-state index contributed by atoms with van der Waals surface area (Å²) in [6.45, 7) is 1.43. The van der Waals surface area contributed by atoms with Crippen molar-refractivity contribution in [2.45, 2.75) is 6.92 Å². The van der Waals surface area contributed by atoms with Gasteiger partial charge in [-0.3, -0.25) is 9.97 Å². The van der Waals surface area contributed by atoms with Gasteiger partial charge in [0.05, 0.1) is 29.9 Å². The first-order valence-corrected chi connectivity index (χ1v) is 14.1. The topological polar surface area (TPSA) is 137 Å². The monoisotopic (exact) mass is 695 g/mol. The van der Waals surface area contributed by atoms with Gasteiger partial charge in [-0.05, 0) is 48.5 Å². The Kier molecular flexibility index (Phi) is 12.1. The second-order valence-electron chi connectivity index (χ2n) is 8.08. The fourth-order valence-corrected chi connectivity index (χ4v) is 2.99. The molecule has 0 atom stereocenters. The maximum atomic E-state index is 9.87. The number of pyridine rings is 4. The van der Waals surface area contributed by atoms with Crippen LogP contribution in [0.3, 0.4) is 0 Å². The molecule has 6 rings (SSSR count). The SMILES string of the molecule is CC#N.F[P-](F)(F)(F)(F)F.[Cu+].c1ccc(-c2cn(-c3ccccn3)nn2)nc1.c1ccc(-c2cn(-c3ccccn3)nn2)nc1. The summed E-state index contributed by atoms with van der Waals surface area (Å²) >= 11 is 0. The molecule has 0 aliphatic rings. The molecule has 238 valence electrons. The third kappa shape index (κ3) is 14.3. The van der Waals surface area contributed by atoms with Crippen LogP contribution >= 0.6 is 7.81 Å². The predicted octanol–water partition coefficient (Wildman–Crippen LogP) is 7.36. The van der Waals surface area contributed by atoms with Gasteiger partial charge in [0, 0.05) is 31.7 Å². The van der Waals surface area contributed by atoms with Crippen LogP contribution in [0.15, 0.2) is 110 Å². The zero-order chi connectivity index (χ0) is 32.1. The Morgan fingerprint density at radius 2 is 0.867 bits per heavy atom. The van der Waals surface area contributed by atoms with Gasteiger partial charge in [0.15, 0.2) is 11.6 Å². The van der Waals surface area contributed by atoms with E-state index in [1.54, 1.807) is 40.2 Å². The summed E-state index contributed by atoms with van der Waals surface area (Å²) in [5, 5.41) is 23.5. The normalized spacial score (nSPS) is 11.6. The van der Waals surface area contributed by atoms with Crippen LogP contribution < -0.4 is 0 Å². The summed E-state index contributed by atoms with van der Waals surface area (Å²) in [5.41, 5.74) is 3.07. The van der Waals surface area contributed by atoms with Gasteiger partial charge in [-0.1, -0.05) is 34.7 Å². The Morgan fingerprint density at radius 1 is 0.556 bits per heavy atom. The average Bonchev–Trinajstić information content (AvgIpc) is 3.70. The fourth-order valence-electron chi connectivity index (χ4n) is 2.99. The molecule has 0 aliphatic carbocycles. The molecule has 0 spiro atoms. The van der Waals surface area contributed by atoms with Gasteiger partial charge in [-0.15, -0.1) is 10.2 Å². The zero-order valence-electron chi connectivity index (χ0n) is 22.8. The first kappa shape index (κ1) is 36.1. The van der Waals surface area contributed by atoms with Gasteiger partial charge < -0.3 is 0 Å². The van der Waals surface area contributed by atoms with E-state index in [4.69, 9.17) is 5.26 Å². The van der Waals surface area contributed by atoms with Crippen LogP contribution in [0, 0.1) is 11.3 Å². The van der Waals surface area contributed by atoms with Gasteiger partial charge >= 0.3 is 50.1 Å². The molecule has 0 aliphatic heterocycles. The molecule has 19 heteroatoms. The Hall–Kier alpha value is -5.10. The molecule has 6 heterocycles. The first-order chi connectivity index (χ1) is 20.7. The number of hydrogen-bond acceptors (Lipinski definition) is 9. The Labute approximate surface area is 262 Å². The van der Waals surface area contributed by atoms with E-state index in [1.165, 1.54) is 6.92 Å². The molecule has 0 amide bonds. The Balaban J connectivity index is 0.000000240. The van der Waals surface area contributed by atoms with Crippen LogP contribution in [0.25, 0.3) is 34.4 Å². The van der Waals surface area contributed by atoms with Gasteiger partial charge in [0.2, 0.25) is 0 Å². The molecular weight excluding hydrogens is 675 g/mol. The Bertz CT molecular complexity index is 1540. The molecule has 45 heavy (non-hydrogen) atoms. The standard InChI is InChI=1S/2C12H9N5.C2H3N.Cu.F6P/c2*1-3-7-13-10(5-1)11-9-17(16-15-11)12-6-2-4-8-14-12;1-2-3;;1-7(2,3,4,5)6/h2*1-9H;1H3;;/q;;;+1;-1. The van der Waals surface area contributed by atoms with Crippen LogP contribution in [0.1, 0.15) is 6.92 Å². The Morgan fingerprint density at radius 3 is 1.13 bits per heavy atom. The van der Waals surface area contributed by atoms with E-state index in [0.717, 1.165) is 34.4 Å². The van der Waals surface area contributed by atoms with Crippen LogP contribution in [-0.2, 0) is 17.1 Å².